The highest BCUT2D eigenvalue weighted by molar-refractivity contribution is 7.17. The standard InChI is InChI=1S/C10H12N2O4S/c1-10(5-16-6-10)4-11-9(13)7-2-3-8(17-7)12(14)15/h2-3H,4-6H2,1H3,(H,11,13). The van der Waals surface area contributed by atoms with Crippen molar-refractivity contribution in [3.05, 3.63) is 27.1 Å². The van der Waals surface area contributed by atoms with Gasteiger partial charge in [0.1, 0.15) is 0 Å². The average Bonchev–Trinajstić information content (AvgIpc) is 2.72. The largest absolute Gasteiger partial charge is 0.380 e. The number of thiophene rings is 1. The minimum absolute atomic E-state index is 0.00114. The van der Waals surface area contributed by atoms with Gasteiger partial charge in [-0.1, -0.05) is 18.3 Å². The third-order valence-electron chi connectivity index (χ3n) is 2.57. The van der Waals surface area contributed by atoms with Gasteiger partial charge in [-0.15, -0.1) is 0 Å². The second kappa shape index (κ2) is 4.42. The summed E-state index contributed by atoms with van der Waals surface area (Å²) in [6.07, 6.45) is 0. The van der Waals surface area contributed by atoms with E-state index in [1.165, 1.54) is 12.1 Å². The van der Waals surface area contributed by atoms with Gasteiger partial charge >= 0.3 is 5.00 Å². The van der Waals surface area contributed by atoms with Gasteiger partial charge in [-0.05, 0) is 6.07 Å². The lowest BCUT2D eigenvalue weighted by Gasteiger charge is -2.37. The highest BCUT2D eigenvalue weighted by atomic mass is 32.1. The Morgan fingerprint density at radius 1 is 1.65 bits per heavy atom. The van der Waals surface area contributed by atoms with Gasteiger partial charge in [0, 0.05) is 18.0 Å². The Morgan fingerprint density at radius 2 is 2.35 bits per heavy atom. The normalized spacial score (nSPS) is 17.2. The van der Waals surface area contributed by atoms with Crippen molar-refractivity contribution >= 4 is 22.2 Å². The lowest BCUT2D eigenvalue weighted by atomic mass is 9.89. The molecule has 1 N–H and O–H groups in total. The van der Waals surface area contributed by atoms with Gasteiger partial charge in [-0.25, -0.2) is 0 Å². The first-order valence-corrected chi connectivity index (χ1v) is 5.92. The molecule has 0 unspecified atom stereocenters. The predicted octanol–water partition coefficient (Wildman–Crippen LogP) is 1.42. The van der Waals surface area contributed by atoms with Crippen LogP contribution in [0.25, 0.3) is 0 Å². The van der Waals surface area contributed by atoms with Crippen molar-refractivity contribution in [1.29, 1.82) is 0 Å². The van der Waals surface area contributed by atoms with Gasteiger partial charge in [0.25, 0.3) is 5.91 Å². The lowest BCUT2D eigenvalue weighted by molar-refractivity contribution is -0.380. The van der Waals surface area contributed by atoms with E-state index in [9.17, 15) is 14.9 Å². The summed E-state index contributed by atoms with van der Waals surface area (Å²) < 4.78 is 5.07. The van der Waals surface area contributed by atoms with Gasteiger partial charge in [0.15, 0.2) is 0 Å². The molecule has 0 atom stereocenters. The molecular formula is C10H12N2O4S. The van der Waals surface area contributed by atoms with Crippen LogP contribution in [0.2, 0.25) is 0 Å². The monoisotopic (exact) mass is 256 g/mol. The van der Waals surface area contributed by atoms with Crippen LogP contribution in [0.4, 0.5) is 5.00 Å². The van der Waals surface area contributed by atoms with E-state index in [0.29, 0.717) is 24.6 Å². The second-order valence-electron chi connectivity index (χ2n) is 4.38. The maximum absolute atomic E-state index is 11.7. The molecule has 1 fully saturated rings. The number of carbonyl (C=O) groups excluding carboxylic acids is 1. The van der Waals surface area contributed by atoms with Crippen molar-refractivity contribution in [1.82, 2.24) is 5.32 Å². The Bertz CT molecular complexity index is 453. The van der Waals surface area contributed by atoms with Crippen molar-refractivity contribution in [2.75, 3.05) is 19.8 Å². The topological polar surface area (TPSA) is 81.5 Å². The number of ether oxygens (including phenoxy) is 1. The van der Waals surface area contributed by atoms with E-state index in [2.05, 4.69) is 5.32 Å². The molecule has 0 aromatic carbocycles. The first kappa shape index (κ1) is 12.0. The van der Waals surface area contributed by atoms with Crippen LogP contribution in [0.5, 0.6) is 0 Å². The number of amides is 1. The van der Waals surface area contributed by atoms with Crippen molar-refractivity contribution in [2.24, 2.45) is 5.41 Å². The maximum Gasteiger partial charge on any atom is 0.324 e. The van der Waals surface area contributed by atoms with Gasteiger partial charge in [-0.3, -0.25) is 14.9 Å². The van der Waals surface area contributed by atoms with E-state index < -0.39 is 4.92 Å². The van der Waals surface area contributed by atoms with E-state index in [-0.39, 0.29) is 16.3 Å². The van der Waals surface area contributed by atoms with E-state index in [1.807, 2.05) is 6.92 Å². The van der Waals surface area contributed by atoms with E-state index in [4.69, 9.17) is 4.74 Å². The van der Waals surface area contributed by atoms with Crippen LogP contribution in [0, 0.1) is 15.5 Å². The SMILES string of the molecule is CC1(CNC(=O)c2ccc([N+](=O)[O-])s2)COC1. The molecule has 1 aromatic rings. The van der Waals surface area contributed by atoms with Crippen molar-refractivity contribution < 1.29 is 14.5 Å². The summed E-state index contributed by atoms with van der Waals surface area (Å²) in [5.41, 5.74) is -0.00114. The molecule has 6 nitrogen and oxygen atoms in total. The van der Waals surface area contributed by atoms with E-state index in [0.717, 1.165) is 11.3 Å². The fourth-order valence-corrected chi connectivity index (χ4v) is 2.22. The smallest absolute Gasteiger partial charge is 0.324 e. The molecule has 0 bridgehead atoms. The summed E-state index contributed by atoms with van der Waals surface area (Å²) in [7, 11) is 0. The minimum Gasteiger partial charge on any atom is -0.380 e. The number of nitrogens with one attached hydrogen (secondary N) is 1. The van der Waals surface area contributed by atoms with E-state index >= 15 is 0 Å². The quantitative estimate of drug-likeness (QED) is 0.652. The van der Waals surface area contributed by atoms with Crippen LogP contribution in [-0.4, -0.2) is 30.6 Å². The molecule has 1 aliphatic heterocycles. The molecule has 92 valence electrons. The van der Waals surface area contributed by atoms with Gasteiger partial charge < -0.3 is 10.1 Å². The summed E-state index contributed by atoms with van der Waals surface area (Å²) >= 11 is 0.883. The second-order valence-corrected chi connectivity index (χ2v) is 5.44. The predicted molar refractivity (Wildman–Crippen MR) is 62.2 cm³/mol. The Hall–Kier alpha value is -1.47. The van der Waals surface area contributed by atoms with Crippen LogP contribution in [0.15, 0.2) is 12.1 Å². The van der Waals surface area contributed by atoms with Crippen LogP contribution in [0.3, 0.4) is 0 Å². The van der Waals surface area contributed by atoms with Crippen LogP contribution in [-0.2, 0) is 4.74 Å². The molecule has 1 saturated heterocycles. The van der Waals surface area contributed by atoms with Gasteiger partial charge in [-0.2, -0.15) is 0 Å². The van der Waals surface area contributed by atoms with Crippen LogP contribution in [0.1, 0.15) is 16.6 Å². The highest BCUT2D eigenvalue weighted by Gasteiger charge is 2.33. The summed E-state index contributed by atoms with van der Waals surface area (Å²) in [6.45, 7) is 3.82. The lowest BCUT2D eigenvalue weighted by Crippen LogP contribution is -2.48. The molecule has 0 spiro atoms. The Balaban J connectivity index is 1.92. The maximum atomic E-state index is 11.7. The molecule has 0 aliphatic carbocycles. The molecule has 1 aromatic heterocycles. The number of carbonyl (C=O) groups is 1. The van der Waals surface area contributed by atoms with Gasteiger partial charge in [0.2, 0.25) is 0 Å². The summed E-state index contributed by atoms with van der Waals surface area (Å²) in [5.74, 6) is -0.267. The molecule has 1 aliphatic rings. The Morgan fingerprint density at radius 3 is 2.82 bits per heavy atom. The fourth-order valence-electron chi connectivity index (χ4n) is 1.48. The number of rotatable bonds is 4. The molecule has 0 radical (unpaired) electrons. The zero-order valence-corrected chi connectivity index (χ0v) is 10.1. The Labute approximate surface area is 102 Å². The van der Waals surface area contributed by atoms with Crippen LogP contribution >= 0.6 is 11.3 Å². The van der Waals surface area contributed by atoms with Crippen LogP contribution < -0.4 is 5.32 Å². The summed E-state index contributed by atoms with van der Waals surface area (Å²) in [5, 5.41) is 13.2. The van der Waals surface area contributed by atoms with Crippen molar-refractivity contribution in [3.63, 3.8) is 0 Å². The van der Waals surface area contributed by atoms with E-state index in [1.54, 1.807) is 0 Å². The molecule has 1 amide bonds. The molecule has 0 saturated carbocycles. The molecule has 7 heteroatoms. The summed E-state index contributed by atoms with van der Waals surface area (Å²) in [4.78, 5) is 22.0. The highest BCUT2D eigenvalue weighted by Crippen LogP contribution is 2.26. The first-order chi connectivity index (χ1) is 8.00. The third kappa shape index (κ3) is 2.62. The molecule has 2 rings (SSSR count). The number of nitrogens with zero attached hydrogens (tertiary/aromatic N) is 1. The molecular weight excluding hydrogens is 244 g/mol. The zero-order valence-electron chi connectivity index (χ0n) is 9.26. The minimum atomic E-state index is -0.497. The fraction of sp³-hybridized carbons (Fsp3) is 0.500. The van der Waals surface area contributed by atoms with Crippen molar-refractivity contribution in [3.8, 4) is 0 Å². The average molecular weight is 256 g/mol. The van der Waals surface area contributed by atoms with Crippen molar-refractivity contribution in [2.45, 2.75) is 6.92 Å². The molecule has 2 heterocycles. The first-order valence-electron chi connectivity index (χ1n) is 5.10. The zero-order chi connectivity index (χ0) is 12.5. The summed E-state index contributed by atoms with van der Waals surface area (Å²) in [6, 6.07) is 2.81. The number of hydrogen-bond acceptors (Lipinski definition) is 5. The number of nitro groups is 1. The number of hydrogen-bond donors (Lipinski definition) is 1. The third-order valence-corrected chi connectivity index (χ3v) is 3.61. The Kier molecular flexibility index (Phi) is 3.12. The molecule has 17 heavy (non-hydrogen) atoms. The van der Waals surface area contributed by atoms with Gasteiger partial charge in [0.05, 0.1) is 23.0 Å².